The lowest BCUT2D eigenvalue weighted by Gasteiger charge is -2.39. The second-order valence-electron chi connectivity index (χ2n) is 5.57. The Morgan fingerprint density at radius 1 is 1.41 bits per heavy atom. The Morgan fingerprint density at radius 3 is 2.59 bits per heavy atom. The summed E-state index contributed by atoms with van der Waals surface area (Å²) in [7, 11) is 0. The van der Waals surface area contributed by atoms with E-state index in [1.54, 1.807) is 0 Å². The molecule has 0 heterocycles. The van der Waals surface area contributed by atoms with Crippen LogP contribution in [0.4, 0.5) is 0 Å². The number of hydrogen-bond donors (Lipinski definition) is 3. The number of nitrogens with two attached hydrogens (primary N) is 2. The van der Waals surface area contributed by atoms with Gasteiger partial charge in [0.05, 0.1) is 12.5 Å². The van der Waals surface area contributed by atoms with Crippen molar-refractivity contribution in [2.75, 3.05) is 0 Å². The minimum absolute atomic E-state index is 0.0976. The maximum absolute atomic E-state index is 11.8. The van der Waals surface area contributed by atoms with Gasteiger partial charge in [0.15, 0.2) is 0 Å². The summed E-state index contributed by atoms with van der Waals surface area (Å²) < 4.78 is 0. The third kappa shape index (κ3) is 4.00. The molecule has 5 N–H and O–H groups in total. The summed E-state index contributed by atoms with van der Waals surface area (Å²) >= 11 is 0. The lowest BCUT2D eigenvalue weighted by molar-refractivity contribution is -0.127. The predicted molar refractivity (Wildman–Crippen MR) is 66.0 cm³/mol. The smallest absolute Gasteiger partial charge is 0.237 e. The number of amides is 2. The Labute approximate surface area is 102 Å². The second-order valence-corrected chi connectivity index (χ2v) is 5.57. The van der Waals surface area contributed by atoms with Crippen LogP contribution in [0.2, 0.25) is 0 Å². The molecule has 1 rings (SSSR count). The Bertz CT molecular complexity index is 302. The molecule has 2 amide bonds. The van der Waals surface area contributed by atoms with Gasteiger partial charge in [-0.25, -0.2) is 0 Å². The normalized spacial score (nSPS) is 25.0. The van der Waals surface area contributed by atoms with E-state index in [-0.39, 0.29) is 23.8 Å². The molecule has 0 aromatic rings. The van der Waals surface area contributed by atoms with Gasteiger partial charge in [-0.2, -0.15) is 0 Å². The van der Waals surface area contributed by atoms with E-state index in [2.05, 4.69) is 19.2 Å². The Kier molecular flexibility index (Phi) is 4.51. The largest absolute Gasteiger partial charge is 0.370 e. The van der Waals surface area contributed by atoms with Crippen LogP contribution < -0.4 is 16.8 Å². The van der Waals surface area contributed by atoms with Gasteiger partial charge in [0.1, 0.15) is 0 Å². The molecule has 98 valence electrons. The van der Waals surface area contributed by atoms with Crippen LogP contribution >= 0.6 is 0 Å². The molecule has 0 aromatic heterocycles. The van der Waals surface area contributed by atoms with Gasteiger partial charge in [0.2, 0.25) is 11.8 Å². The zero-order valence-corrected chi connectivity index (χ0v) is 10.7. The minimum atomic E-state index is -0.828. The summed E-state index contributed by atoms with van der Waals surface area (Å²) in [5.74, 6) is -0.820. The molecule has 2 unspecified atom stereocenters. The SMILES string of the molecule is CC1(C)CCCCC1NC(=O)C(N)CC(N)=O. The fraction of sp³-hybridized carbons (Fsp3) is 0.833. The van der Waals surface area contributed by atoms with Crippen LogP contribution in [0, 0.1) is 5.41 Å². The standard InChI is InChI=1S/C12H23N3O2/c1-12(2)6-4-3-5-9(12)15-11(17)8(13)7-10(14)16/h8-9H,3-7,13H2,1-2H3,(H2,14,16)(H,15,17). The lowest BCUT2D eigenvalue weighted by Crippen LogP contribution is -2.52. The van der Waals surface area contributed by atoms with Crippen molar-refractivity contribution in [2.24, 2.45) is 16.9 Å². The molecule has 2 atom stereocenters. The van der Waals surface area contributed by atoms with Gasteiger partial charge in [-0.05, 0) is 18.3 Å². The summed E-state index contributed by atoms with van der Waals surface area (Å²) in [6.07, 6.45) is 4.30. The fourth-order valence-electron chi connectivity index (χ4n) is 2.35. The third-order valence-electron chi connectivity index (χ3n) is 3.58. The quantitative estimate of drug-likeness (QED) is 0.659. The van der Waals surface area contributed by atoms with E-state index < -0.39 is 11.9 Å². The van der Waals surface area contributed by atoms with Crippen molar-refractivity contribution < 1.29 is 9.59 Å². The first-order valence-electron chi connectivity index (χ1n) is 6.17. The molecule has 17 heavy (non-hydrogen) atoms. The van der Waals surface area contributed by atoms with Crippen molar-refractivity contribution in [1.82, 2.24) is 5.32 Å². The molecule has 0 radical (unpaired) electrons. The highest BCUT2D eigenvalue weighted by molar-refractivity contribution is 5.87. The van der Waals surface area contributed by atoms with Crippen LogP contribution in [0.25, 0.3) is 0 Å². The molecular weight excluding hydrogens is 218 g/mol. The van der Waals surface area contributed by atoms with E-state index in [0.29, 0.717) is 0 Å². The van der Waals surface area contributed by atoms with Gasteiger partial charge < -0.3 is 16.8 Å². The number of carbonyl (C=O) groups excluding carboxylic acids is 2. The van der Waals surface area contributed by atoms with E-state index in [1.807, 2.05) is 0 Å². The fourth-order valence-corrected chi connectivity index (χ4v) is 2.35. The van der Waals surface area contributed by atoms with Crippen molar-refractivity contribution in [2.45, 2.75) is 58.0 Å². The zero-order valence-electron chi connectivity index (χ0n) is 10.7. The van der Waals surface area contributed by atoms with Crippen molar-refractivity contribution >= 4 is 11.8 Å². The van der Waals surface area contributed by atoms with Gasteiger partial charge in [-0.15, -0.1) is 0 Å². The first kappa shape index (κ1) is 14.0. The molecule has 0 aliphatic heterocycles. The molecule has 0 bridgehead atoms. The van der Waals surface area contributed by atoms with Crippen LogP contribution in [-0.4, -0.2) is 23.9 Å². The van der Waals surface area contributed by atoms with Crippen LogP contribution in [-0.2, 0) is 9.59 Å². The van der Waals surface area contributed by atoms with E-state index in [9.17, 15) is 9.59 Å². The van der Waals surface area contributed by atoms with Crippen LogP contribution in [0.3, 0.4) is 0 Å². The lowest BCUT2D eigenvalue weighted by atomic mass is 9.73. The first-order chi connectivity index (χ1) is 7.83. The molecule has 1 aliphatic rings. The first-order valence-corrected chi connectivity index (χ1v) is 6.17. The topological polar surface area (TPSA) is 98.2 Å². The predicted octanol–water partition coefficient (Wildman–Crippen LogP) is 0.274. The van der Waals surface area contributed by atoms with Crippen LogP contribution in [0.5, 0.6) is 0 Å². The Morgan fingerprint density at radius 2 is 2.06 bits per heavy atom. The minimum Gasteiger partial charge on any atom is -0.370 e. The Hall–Kier alpha value is -1.10. The number of nitrogens with one attached hydrogen (secondary N) is 1. The van der Waals surface area contributed by atoms with E-state index in [0.717, 1.165) is 19.3 Å². The second kappa shape index (κ2) is 5.49. The summed E-state index contributed by atoms with van der Waals surface area (Å²) in [5.41, 5.74) is 10.7. The monoisotopic (exact) mass is 241 g/mol. The average Bonchev–Trinajstić information content (AvgIpc) is 2.19. The highest BCUT2D eigenvalue weighted by Crippen LogP contribution is 2.35. The average molecular weight is 241 g/mol. The molecule has 0 spiro atoms. The highest BCUT2D eigenvalue weighted by atomic mass is 16.2. The van der Waals surface area contributed by atoms with E-state index >= 15 is 0 Å². The van der Waals surface area contributed by atoms with Crippen molar-refractivity contribution in [1.29, 1.82) is 0 Å². The summed E-state index contributed by atoms with van der Waals surface area (Å²) in [5, 5.41) is 2.94. The summed E-state index contributed by atoms with van der Waals surface area (Å²) in [4.78, 5) is 22.5. The maximum Gasteiger partial charge on any atom is 0.237 e. The van der Waals surface area contributed by atoms with Crippen LogP contribution in [0.15, 0.2) is 0 Å². The molecule has 5 heteroatoms. The van der Waals surface area contributed by atoms with Crippen molar-refractivity contribution in [3.05, 3.63) is 0 Å². The Balaban J connectivity index is 2.52. The molecule has 1 aliphatic carbocycles. The molecular formula is C12H23N3O2. The molecule has 0 aromatic carbocycles. The summed E-state index contributed by atoms with van der Waals surface area (Å²) in [6, 6.07) is -0.687. The van der Waals surface area contributed by atoms with Gasteiger partial charge >= 0.3 is 0 Å². The zero-order chi connectivity index (χ0) is 13.1. The van der Waals surface area contributed by atoms with Crippen molar-refractivity contribution in [3.63, 3.8) is 0 Å². The van der Waals surface area contributed by atoms with Crippen molar-refractivity contribution in [3.8, 4) is 0 Å². The molecule has 1 fully saturated rings. The molecule has 1 saturated carbocycles. The van der Waals surface area contributed by atoms with E-state index in [1.165, 1.54) is 6.42 Å². The summed E-state index contributed by atoms with van der Waals surface area (Å²) in [6.45, 7) is 4.30. The molecule has 0 saturated heterocycles. The molecule has 5 nitrogen and oxygen atoms in total. The number of carbonyl (C=O) groups is 2. The number of hydrogen-bond acceptors (Lipinski definition) is 3. The van der Waals surface area contributed by atoms with Gasteiger partial charge in [-0.3, -0.25) is 9.59 Å². The maximum atomic E-state index is 11.8. The number of primary amides is 1. The van der Waals surface area contributed by atoms with Gasteiger partial charge in [-0.1, -0.05) is 26.7 Å². The van der Waals surface area contributed by atoms with Gasteiger partial charge in [0.25, 0.3) is 0 Å². The van der Waals surface area contributed by atoms with E-state index in [4.69, 9.17) is 11.5 Å². The highest BCUT2D eigenvalue weighted by Gasteiger charge is 2.34. The third-order valence-corrected chi connectivity index (χ3v) is 3.58. The van der Waals surface area contributed by atoms with Gasteiger partial charge in [0, 0.05) is 6.04 Å². The van der Waals surface area contributed by atoms with Crippen LogP contribution in [0.1, 0.15) is 46.0 Å². The number of rotatable bonds is 4.